The first kappa shape index (κ1) is 16.8. The number of rotatable bonds is 7. The van der Waals surface area contributed by atoms with Crippen LogP contribution in [0.2, 0.25) is 0 Å². The van der Waals surface area contributed by atoms with E-state index in [9.17, 15) is 0 Å². The maximum Gasteiger partial charge on any atom is 0.0732 e. The van der Waals surface area contributed by atoms with Crippen molar-refractivity contribution in [2.24, 2.45) is 5.41 Å². The molecule has 0 spiro atoms. The van der Waals surface area contributed by atoms with Crippen LogP contribution in [-0.2, 0) is 20.8 Å². The van der Waals surface area contributed by atoms with E-state index in [0.29, 0.717) is 12.7 Å². The van der Waals surface area contributed by atoms with Crippen molar-refractivity contribution in [2.45, 2.75) is 32.0 Å². The Morgan fingerprint density at radius 3 is 3.26 bits per heavy atom. The van der Waals surface area contributed by atoms with Gasteiger partial charge in [0.2, 0.25) is 0 Å². The van der Waals surface area contributed by atoms with Gasteiger partial charge in [-0.25, -0.2) is 0 Å². The van der Waals surface area contributed by atoms with Gasteiger partial charge < -0.3 is 19.1 Å². The maximum absolute atomic E-state index is 6.09. The molecule has 0 saturated carbocycles. The van der Waals surface area contributed by atoms with Gasteiger partial charge in [0.05, 0.1) is 25.9 Å². The fourth-order valence-electron chi connectivity index (χ4n) is 3.86. The zero-order valence-electron chi connectivity index (χ0n) is 14.1. The van der Waals surface area contributed by atoms with Crippen LogP contribution in [0.25, 0.3) is 0 Å². The first-order valence-corrected chi connectivity index (χ1v) is 8.62. The van der Waals surface area contributed by atoms with E-state index in [2.05, 4.69) is 16.0 Å². The Labute approximate surface area is 138 Å². The molecule has 0 aromatic carbocycles. The first-order valence-electron chi connectivity index (χ1n) is 8.62. The summed E-state index contributed by atoms with van der Waals surface area (Å²) in [5, 5.41) is 0. The van der Waals surface area contributed by atoms with Gasteiger partial charge in [-0.05, 0) is 30.9 Å². The van der Waals surface area contributed by atoms with E-state index in [1.807, 2.05) is 12.3 Å². The molecule has 0 aliphatic carbocycles. The second-order valence-electron chi connectivity index (χ2n) is 6.74. The van der Waals surface area contributed by atoms with E-state index in [1.54, 1.807) is 13.3 Å². The van der Waals surface area contributed by atoms with Crippen LogP contribution in [0.4, 0.5) is 0 Å². The minimum absolute atomic E-state index is 0.131. The smallest absolute Gasteiger partial charge is 0.0732 e. The first-order chi connectivity index (χ1) is 11.3. The maximum atomic E-state index is 6.09. The third-order valence-electron chi connectivity index (χ3n) is 5.06. The third-order valence-corrected chi connectivity index (χ3v) is 5.06. The fraction of sp³-hybridized carbons (Fsp3) is 0.722. The predicted octanol–water partition coefficient (Wildman–Crippen LogP) is 2.12. The van der Waals surface area contributed by atoms with E-state index in [4.69, 9.17) is 14.2 Å². The van der Waals surface area contributed by atoms with Gasteiger partial charge in [0.15, 0.2) is 0 Å². The molecule has 128 valence electrons. The number of hydrogen-bond acceptors (Lipinski definition) is 5. The van der Waals surface area contributed by atoms with Crippen molar-refractivity contribution in [1.29, 1.82) is 0 Å². The summed E-state index contributed by atoms with van der Waals surface area (Å²) in [5.41, 5.74) is 1.26. The summed E-state index contributed by atoms with van der Waals surface area (Å²) in [6.07, 6.45) is 7.42. The molecule has 0 bridgehead atoms. The third kappa shape index (κ3) is 4.29. The summed E-state index contributed by atoms with van der Waals surface area (Å²) in [6.45, 7) is 6.21. The molecule has 2 fully saturated rings. The van der Waals surface area contributed by atoms with Gasteiger partial charge in [0.1, 0.15) is 0 Å². The molecule has 23 heavy (non-hydrogen) atoms. The number of methoxy groups -OCH3 is 1. The average molecular weight is 320 g/mol. The predicted molar refractivity (Wildman–Crippen MR) is 88.2 cm³/mol. The van der Waals surface area contributed by atoms with Crippen molar-refractivity contribution in [3.8, 4) is 0 Å². The minimum Gasteiger partial charge on any atom is -0.383 e. The van der Waals surface area contributed by atoms with Crippen LogP contribution in [0.3, 0.4) is 0 Å². The molecule has 2 aliphatic rings. The van der Waals surface area contributed by atoms with Crippen LogP contribution >= 0.6 is 0 Å². The SMILES string of the molecule is COCCN1CC[C@H]2OCCC[C@]2(COCc2cccnc2)C1. The lowest BCUT2D eigenvalue weighted by Gasteiger charge is -2.50. The van der Waals surface area contributed by atoms with Gasteiger partial charge >= 0.3 is 0 Å². The summed E-state index contributed by atoms with van der Waals surface area (Å²) >= 11 is 0. The van der Waals surface area contributed by atoms with E-state index >= 15 is 0 Å². The molecular formula is C18H28N2O3. The summed E-state index contributed by atoms with van der Waals surface area (Å²) in [7, 11) is 1.77. The van der Waals surface area contributed by atoms with Crippen molar-refractivity contribution >= 4 is 0 Å². The molecule has 0 amide bonds. The molecule has 2 saturated heterocycles. The topological polar surface area (TPSA) is 43.8 Å². The Morgan fingerprint density at radius 1 is 1.48 bits per heavy atom. The molecule has 0 N–H and O–H groups in total. The number of likely N-dealkylation sites (tertiary alicyclic amines) is 1. The number of piperidine rings is 1. The molecule has 3 heterocycles. The highest BCUT2D eigenvalue weighted by molar-refractivity contribution is 5.07. The highest BCUT2D eigenvalue weighted by Gasteiger charge is 2.45. The van der Waals surface area contributed by atoms with Crippen LogP contribution in [0.5, 0.6) is 0 Å². The van der Waals surface area contributed by atoms with E-state index in [1.165, 1.54) is 6.42 Å². The molecule has 1 aromatic heterocycles. The number of ether oxygens (including phenoxy) is 3. The number of hydrogen-bond donors (Lipinski definition) is 0. The Kier molecular flexibility index (Phi) is 6.00. The van der Waals surface area contributed by atoms with Gasteiger partial charge in [0.25, 0.3) is 0 Å². The minimum atomic E-state index is 0.131. The molecule has 5 nitrogen and oxygen atoms in total. The van der Waals surface area contributed by atoms with Crippen molar-refractivity contribution < 1.29 is 14.2 Å². The lowest BCUT2D eigenvalue weighted by Crippen LogP contribution is -2.57. The molecule has 2 aliphatic heterocycles. The van der Waals surface area contributed by atoms with E-state index < -0.39 is 0 Å². The standard InChI is InChI=1S/C18H28N2O3/c1-21-11-9-20-8-5-17-18(14-20,6-3-10-23-17)15-22-13-16-4-2-7-19-12-16/h2,4,7,12,17H,3,5-6,8-11,13-15H2,1H3/t17-,18-/m1/s1. The monoisotopic (exact) mass is 320 g/mol. The number of aromatic nitrogens is 1. The van der Waals surface area contributed by atoms with Crippen molar-refractivity contribution in [1.82, 2.24) is 9.88 Å². The molecule has 0 unspecified atom stereocenters. The molecule has 1 aromatic rings. The normalized spacial score (nSPS) is 28.5. The quantitative estimate of drug-likeness (QED) is 0.770. The summed E-state index contributed by atoms with van der Waals surface area (Å²) in [5.74, 6) is 0. The van der Waals surface area contributed by atoms with Crippen LogP contribution in [0.15, 0.2) is 24.5 Å². The Hall–Kier alpha value is -1.01. The van der Waals surface area contributed by atoms with Crippen LogP contribution < -0.4 is 0 Å². The zero-order chi connectivity index (χ0) is 16.0. The number of fused-ring (bicyclic) bond motifs is 1. The summed E-state index contributed by atoms with van der Waals surface area (Å²) < 4.78 is 17.4. The highest BCUT2D eigenvalue weighted by Crippen LogP contribution is 2.40. The van der Waals surface area contributed by atoms with E-state index in [-0.39, 0.29) is 5.41 Å². The Bertz CT molecular complexity index is 471. The van der Waals surface area contributed by atoms with Crippen LogP contribution in [-0.4, -0.2) is 62.6 Å². The lowest BCUT2D eigenvalue weighted by atomic mass is 9.73. The van der Waals surface area contributed by atoms with Crippen molar-refractivity contribution in [2.75, 3.05) is 46.6 Å². The number of pyridine rings is 1. The van der Waals surface area contributed by atoms with Crippen LogP contribution in [0, 0.1) is 5.41 Å². The van der Waals surface area contributed by atoms with Gasteiger partial charge in [-0.1, -0.05) is 6.07 Å². The largest absolute Gasteiger partial charge is 0.383 e. The Morgan fingerprint density at radius 2 is 2.43 bits per heavy atom. The van der Waals surface area contributed by atoms with Crippen molar-refractivity contribution in [3.05, 3.63) is 30.1 Å². The summed E-state index contributed by atoms with van der Waals surface area (Å²) in [4.78, 5) is 6.65. The second kappa shape index (κ2) is 8.20. The molecular weight excluding hydrogens is 292 g/mol. The zero-order valence-corrected chi connectivity index (χ0v) is 14.1. The van der Waals surface area contributed by atoms with Gasteiger partial charge in [-0.2, -0.15) is 0 Å². The van der Waals surface area contributed by atoms with Gasteiger partial charge in [-0.3, -0.25) is 4.98 Å². The van der Waals surface area contributed by atoms with E-state index in [0.717, 1.165) is 57.9 Å². The molecule has 0 radical (unpaired) electrons. The molecule has 3 rings (SSSR count). The summed E-state index contributed by atoms with van der Waals surface area (Å²) in [6, 6.07) is 4.02. The fourth-order valence-corrected chi connectivity index (χ4v) is 3.86. The van der Waals surface area contributed by atoms with Crippen LogP contribution in [0.1, 0.15) is 24.8 Å². The highest BCUT2D eigenvalue weighted by atomic mass is 16.5. The Balaban J connectivity index is 1.59. The molecule has 5 heteroatoms. The second-order valence-corrected chi connectivity index (χ2v) is 6.74. The number of nitrogens with zero attached hydrogens (tertiary/aromatic N) is 2. The van der Waals surface area contributed by atoms with Crippen molar-refractivity contribution in [3.63, 3.8) is 0 Å². The average Bonchev–Trinajstić information content (AvgIpc) is 2.60. The molecule has 2 atom stereocenters. The van der Waals surface area contributed by atoms with Gasteiger partial charge in [0, 0.05) is 51.2 Å². The van der Waals surface area contributed by atoms with Gasteiger partial charge in [-0.15, -0.1) is 0 Å². The lowest BCUT2D eigenvalue weighted by molar-refractivity contribution is -0.155.